The number of H-pyrrole nitrogens is 1. The second kappa shape index (κ2) is 12.7. The molecule has 14 heteroatoms. The van der Waals surface area contributed by atoms with Crippen LogP contribution in [0.25, 0.3) is 33.4 Å². The molecule has 228 valence electrons. The fraction of sp³-hybridized carbons (Fsp3) is 0.0645. The highest BCUT2D eigenvalue weighted by atomic mass is 35.5. The summed E-state index contributed by atoms with van der Waals surface area (Å²) in [4.78, 5) is 30.1. The van der Waals surface area contributed by atoms with Crippen LogP contribution in [0.4, 0.5) is 26.3 Å². The minimum absolute atomic E-state index is 0.196. The highest BCUT2D eigenvalue weighted by Gasteiger charge is 2.30. The summed E-state index contributed by atoms with van der Waals surface area (Å²) in [6, 6.07) is 20.7. The van der Waals surface area contributed by atoms with Gasteiger partial charge in [0.05, 0.1) is 28.0 Å². The van der Waals surface area contributed by atoms with Crippen molar-refractivity contribution in [2.75, 3.05) is 0 Å². The number of rotatable bonds is 4. The molecule has 0 aliphatic heterocycles. The van der Waals surface area contributed by atoms with Crippen LogP contribution in [-0.2, 0) is 12.4 Å². The van der Waals surface area contributed by atoms with Crippen LogP contribution in [0.15, 0.2) is 108 Å². The third-order valence-electron chi connectivity index (χ3n) is 6.23. The predicted molar refractivity (Wildman–Crippen MR) is 155 cm³/mol. The highest BCUT2D eigenvalue weighted by Crippen LogP contribution is 2.33. The molecule has 3 heterocycles. The summed E-state index contributed by atoms with van der Waals surface area (Å²) in [6.07, 6.45) is -6.21. The highest BCUT2D eigenvalue weighted by molar-refractivity contribution is 6.29. The zero-order valence-electron chi connectivity index (χ0n) is 22.6. The molecule has 0 spiro atoms. The number of pyridine rings is 1. The fourth-order valence-corrected chi connectivity index (χ4v) is 4.20. The van der Waals surface area contributed by atoms with Crippen LogP contribution < -0.4 is 10.3 Å². The minimum Gasteiger partial charge on any atom is -0.437 e. The van der Waals surface area contributed by atoms with E-state index >= 15 is 0 Å². The summed E-state index contributed by atoms with van der Waals surface area (Å²) in [7, 11) is 0. The molecule has 0 bridgehead atoms. The molecule has 0 radical (unpaired) electrons. The number of aromatic nitrogens is 5. The van der Waals surface area contributed by atoms with Gasteiger partial charge in [0.15, 0.2) is 5.75 Å². The summed E-state index contributed by atoms with van der Waals surface area (Å²) in [6.45, 7) is 0. The van der Waals surface area contributed by atoms with Crippen LogP contribution >= 0.6 is 11.6 Å². The molecule has 6 rings (SSSR count). The van der Waals surface area contributed by atoms with Gasteiger partial charge in [0, 0.05) is 34.7 Å². The predicted octanol–water partition coefficient (Wildman–Crippen LogP) is 8.61. The van der Waals surface area contributed by atoms with Gasteiger partial charge in [0.2, 0.25) is 11.4 Å². The minimum atomic E-state index is -4.40. The van der Waals surface area contributed by atoms with Crippen molar-refractivity contribution in [2.24, 2.45) is 0 Å². The Balaban J connectivity index is 0.000000201. The van der Waals surface area contributed by atoms with Crippen molar-refractivity contribution in [1.29, 1.82) is 0 Å². The van der Waals surface area contributed by atoms with Crippen LogP contribution in [0.2, 0.25) is 5.15 Å². The van der Waals surface area contributed by atoms with Gasteiger partial charge in [0.25, 0.3) is 0 Å². The molecule has 7 nitrogen and oxygen atoms in total. The molecule has 45 heavy (non-hydrogen) atoms. The van der Waals surface area contributed by atoms with Crippen molar-refractivity contribution in [2.45, 2.75) is 12.4 Å². The van der Waals surface area contributed by atoms with Gasteiger partial charge in [-0.3, -0.25) is 4.79 Å². The molecule has 0 saturated heterocycles. The van der Waals surface area contributed by atoms with E-state index in [0.717, 1.165) is 29.7 Å². The summed E-state index contributed by atoms with van der Waals surface area (Å²) < 4.78 is 80.9. The van der Waals surface area contributed by atoms with Crippen molar-refractivity contribution in [3.05, 3.63) is 130 Å². The Bertz CT molecular complexity index is 2000. The van der Waals surface area contributed by atoms with E-state index in [1.165, 1.54) is 55.1 Å². The lowest BCUT2D eigenvalue weighted by Crippen LogP contribution is -2.04. The number of nitrogens with zero attached hydrogens (tertiary/aromatic N) is 4. The second-order valence-electron chi connectivity index (χ2n) is 9.26. The quantitative estimate of drug-likeness (QED) is 0.153. The number of benzene rings is 3. The van der Waals surface area contributed by atoms with Crippen LogP contribution in [0, 0.1) is 0 Å². The third kappa shape index (κ3) is 7.81. The summed E-state index contributed by atoms with van der Waals surface area (Å²) in [5.74, 6) is 0.592. The van der Waals surface area contributed by atoms with Gasteiger partial charge in [-0.2, -0.15) is 26.3 Å². The summed E-state index contributed by atoms with van der Waals surface area (Å²) in [5.41, 5.74) is 0.768. The average Bonchev–Trinajstić information content (AvgIpc) is 3.01. The molecule has 3 aromatic heterocycles. The Labute approximate surface area is 255 Å². The van der Waals surface area contributed by atoms with E-state index in [2.05, 4.69) is 24.9 Å². The first-order chi connectivity index (χ1) is 21.4. The second-order valence-corrected chi connectivity index (χ2v) is 9.65. The van der Waals surface area contributed by atoms with Crippen LogP contribution in [-0.4, -0.2) is 24.9 Å². The van der Waals surface area contributed by atoms with Crippen LogP contribution in [0.3, 0.4) is 0 Å². The number of fused-ring (bicyclic) bond motifs is 1. The number of hydrogen-bond acceptors (Lipinski definition) is 6. The van der Waals surface area contributed by atoms with E-state index in [-0.39, 0.29) is 16.6 Å². The van der Waals surface area contributed by atoms with E-state index < -0.39 is 23.5 Å². The molecule has 0 atom stereocenters. The lowest BCUT2D eigenvalue weighted by atomic mass is 10.1. The molecule has 3 aromatic carbocycles. The molecule has 0 unspecified atom stereocenters. The Morgan fingerprint density at radius 2 is 1.20 bits per heavy atom. The van der Waals surface area contributed by atoms with E-state index in [0.29, 0.717) is 33.8 Å². The number of nitrogens with one attached hydrogen (secondary N) is 1. The van der Waals surface area contributed by atoms with E-state index in [1.54, 1.807) is 18.2 Å². The topological polar surface area (TPSA) is 93.7 Å². The van der Waals surface area contributed by atoms with Crippen molar-refractivity contribution >= 4 is 22.5 Å². The van der Waals surface area contributed by atoms with Gasteiger partial charge >= 0.3 is 12.4 Å². The fourth-order valence-electron chi connectivity index (χ4n) is 4.05. The maximum atomic E-state index is 12.7. The van der Waals surface area contributed by atoms with E-state index in [1.807, 2.05) is 6.07 Å². The molecule has 6 aromatic rings. The number of alkyl halides is 6. The van der Waals surface area contributed by atoms with Crippen LogP contribution in [0.1, 0.15) is 11.1 Å². The van der Waals surface area contributed by atoms with Gasteiger partial charge < -0.3 is 9.72 Å². The smallest absolute Gasteiger partial charge is 0.416 e. The standard InChI is InChI=1S/C20H12F3N3O2.C11H6ClF3N2/c21-20(22,23)14-7-4-12(5-8-14)15-10-18(25-11-24-15)28-16-3-1-2-13-6-9-17(27)26-19(13)16;12-10-5-9(16-6-17-10)7-1-3-8(4-2-7)11(13,14)15/h1-11H,(H,26,27);1-6H. The Morgan fingerprint density at radius 3 is 1.76 bits per heavy atom. The Morgan fingerprint density at radius 1 is 0.644 bits per heavy atom. The van der Waals surface area contributed by atoms with E-state index in [4.69, 9.17) is 16.3 Å². The normalized spacial score (nSPS) is 11.5. The van der Waals surface area contributed by atoms with Crippen molar-refractivity contribution < 1.29 is 31.1 Å². The number of para-hydroxylation sites is 1. The molecule has 0 amide bonds. The largest absolute Gasteiger partial charge is 0.437 e. The van der Waals surface area contributed by atoms with Gasteiger partial charge in [-0.1, -0.05) is 48.0 Å². The molecular formula is C31H18ClF6N5O2. The van der Waals surface area contributed by atoms with Gasteiger partial charge in [-0.15, -0.1) is 0 Å². The number of aromatic amines is 1. The van der Waals surface area contributed by atoms with E-state index in [9.17, 15) is 31.1 Å². The van der Waals surface area contributed by atoms with Crippen molar-refractivity contribution in [3.63, 3.8) is 0 Å². The average molecular weight is 642 g/mol. The van der Waals surface area contributed by atoms with Gasteiger partial charge in [-0.05, 0) is 36.4 Å². The maximum absolute atomic E-state index is 12.7. The molecule has 0 saturated carbocycles. The number of halogens is 7. The first kappa shape index (κ1) is 31.1. The molecule has 0 aliphatic carbocycles. The lowest BCUT2D eigenvalue weighted by molar-refractivity contribution is -0.138. The molecular weight excluding hydrogens is 624 g/mol. The number of hydrogen-bond donors (Lipinski definition) is 1. The molecule has 0 fully saturated rings. The van der Waals surface area contributed by atoms with Gasteiger partial charge in [0.1, 0.15) is 17.8 Å². The van der Waals surface area contributed by atoms with Gasteiger partial charge in [-0.25, -0.2) is 19.9 Å². The third-order valence-corrected chi connectivity index (χ3v) is 6.43. The summed E-state index contributed by atoms with van der Waals surface area (Å²) >= 11 is 5.67. The lowest BCUT2D eigenvalue weighted by Gasteiger charge is -2.10. The number of ether oxygens (including phenoxy) is 1. The first-order valence-electron chi connectivity index (χ1n) is 12.8. The summed E-state index contributed by atoms with van der Waals surface area (Å²) in [5, 5.41) is 1.03. The Hall–Kier alpha value is -5.30. The first-order valence-corrected chi connectivity index (χ1v) is 13.2. The molecule has 0 aliphatic rings. The zero-order valence-corrected chi connectivity index (χ0v) is 23.3. The van der Waals surface area contributed by atoms with Crippen molar-refractivity contribution in [1.82, 2.24) is 24.9 Å². The zero-order chi connectivity index (χ0) is 32.2. The monoisotopic (exact) mass is 641 g/mol. The van der Waals surface area contributed by atoms with Crippen LogP contribution in [0.5, 0.6) is 11.6 Å². The Kier molecular flexibility index (Phi) is 8.82. The SMILES string of the molecule is FC(F)(F)c1ccc(-c2cc(Cl)ncn2)cc1.O=c1ccc2cccc(Oc3cc(-c4ccc(C(F)(F)F)cc4)ncn3)c2[nH]1. The maximum Gasteiger partial charge on any atom is 0.416 e. The molecule has 1 N–H and O–H groups in total. The van der Waals surface area contributed by atoms with Crippen molar-refractivity contribution in [3.8, 4) is 34.1 Å².